The summed E-state index contributed by atoms with van der Waals surface area (Å²) in [4.78, 5) is 4.03. The van der Waals surface area contributed by atoms with Gasteiger partial charge in [0.25, 0.3) is 0 Å². The highest BCUT2D eigenvalue weighted by Gasteiger charge is 2.05. The fourth-order valence-corrected chi connectivity index (χ4v) is 1.44. The Labute approximate surface area is 105 Å². The lowest BCUT2D eigenvalue weighted by Crippen LogP contribution is -1.93. The van der Waals surface area contributed by atoms with Crippen molar-refractivity contribution in [3.63, 3.8) is 0 Å². The van der Waals surface area contributed by atoms with Crippen molar-refractivity contribution in [1.82, 2.24) is 4.98 Å². The highest BCUT2D eigenvalue weighted by atomic mass is 16.5. The topological polar surface area (TPSA) is 55.1 Å². The molecule has 0 atom stereocenters. The average Bonchev–Trinajstić information content (AvgIpc) is 2.42. The van der Waals surface area contributed by atoms with Crippen LogP contribution in [0, 0.1) is 11.3 Å². The third-order valence-electron chi connectivity index (χ3n) is 2.24. The number of aromatic nitrogens is 1. The first-order valence-electron chi connectivity index (χ1n) is 5.59. The minimum absolute atomic E-state index is 0.309. The Bertz CT molecular complexity index is 559. The molecule has 1 heterocycles. The molecule has 1 aromatic carbocycles. The monoisotopic (exact) mass is 240 g/mol. The molecule has 90 valence electrons. The predicted molar refractivity (Wildman–Crippen MR) is 66.6 cm³/mol. The second-order valence-corrected chi connectivity index (χ2v) is 3.47. The summed E-state index contributed by atoms with van der Waals surface area (Å²) in [5.74, 6) is 1.71. The van der Waals surface area contributed by atoms with Gasteiger partial charge in [-0.3, -0.25) is 0 Å². The largest absolute Gasteiger partial charge is 0.494 e. The molecule has 0 spiro atoms. The zero-order chi connectivity index (χ0) is 12.8. The highest BCUT2D eigenvalue weighted by Crippen LogP contribution is 2.24. The van der Waals surface area contributed by atoms with E-state index in [1.165, 1.54) is 0 Å². The van der Waals surface area contributed by atoms with Gasteiger partial charge in [0.1, 0.15) is 23.1 Å². The molecule has 0 aliphatic heterocycles. The molecule has 0 N–H and O–H groups in total. The fourth-order valence-electron chi connectivity index (χ4n) is 1.44. The van der Waals surface area contributed by atoms with Gasteiger partial charge >= 0.3 is 0 Å². The van der Waals surface area contributed by atoms with Gasteiger partial charge in [-0.2, -0.15) is 5.26 Å². The lowest BCUT2D eigenvalue weighted by atomic mass is 10.3. The fraction of sp³-hybridized carbons (Fsp3) is 0.143. The minimum atomic E-state index is 0.309. The van der Waals surface area contributed by atoms with Crippen LogP contribution in [0.15, 0.2) is 42.6 Å². The van der Waals surface area contributed by atoms with E-state index in [1.807, 2.05) is 25.1 Å². The molecular formula is C14H12N2O2. The molecule has 2 aromatic rings. The van der Waals surface area contributed by atoms with Crippen LogP contribution in [0.4, 0.5) is 0 Å². The van der Waals surface area contributed by atoms with Crippen LogP contribution in [0.1, 0.15) is 12.5 Å². The molecule has 0 aliphatic carbocycles. The summed E-state index contributed by atoms with van der Waals surface area (Å²) in [6, 6.07) is 12.6. The van der Waals surface area contributed by atoms with Crippen molar-refractivity contribution in [2.75, 3.05) is 6.61 Å². The van der Waals surface area contributed by atoms with Crippen molar-refractivity contribution in [3.8, 4) is 23.4 Å². The van der Waals surface area contributed by atoms with E-state index >= 15 is 0 Å². The molecule has 4 nitrogen and oxygen atoms in total. The molecule has 0 fully saturated rings. The Kier molecular flexibility index (Phi) is 3.77. The Morgan fingerprint density at radius 3 is 2.56 bits per heavy atom. The van der Waals surface area contributed by atoms with Crippen LogP contribution < -0.4 is 9.47 Å². The lowest BCUT2D eigenvalue weighted by Gasteiger charge is -2.07. The molecular weight excluding hydrogens is 228 g/mol. The summed E-state index contributed by atoms with van der Waals surface area (Å²) in [5.41, 5.74) is 0.409. The van der Waals surface area contributed by atoms with Crippen molar-refractivity contribution >= 4 is 0 Å². The summed E-state index contributed by atoms with van der Waals surface area (Å²) in [7, 11) is 0. The van der Waals surface area contributed by atoms with Crippen molar-refractivity contribution < 1.29 is 9.47 Å². The summed E-state index contributed by atoms with van der Waals surface area (Å²) >= 11 is 0. The van der Waals surface area contributed by atoms with Crippen LogP contribution in [0.5, 0.6) is 17.4 Å². The van der Waals surface area contributed by atoms with Crippen LogP contribution >= 0.6 is 0 Å². The Balaban J connectivity index is 2.16. The number of ether oxygens (including phenoxy) is 2. The van der Waals surface area contributed by atoms with Gasteiger partial charge < -0.3 is 9.47 Å². The van der Waals surface area contributed by atoms with Gasteiger partial charge in [-0.25, -0.2) is 4.98 Å². The zero-order valence-electron chi connectivity index (χ0n) is 9.96. The third kappa shape index (κ3) is 2.77. The SMILES string of the molecule is CCOc1ccc(Oc2ncccc2C#N)cc1. The summed E-state index contributed by atoms with van der Waals surface area (Å²) < 4.78 is 10.9. The number of hydrogen-bond acceptors (Lipinski definition) is 4. The van der Waals surface area contributed by atoms with Gasteiger partial charge in [-0.15, -0.1) is 0 Å². The van der Waals surface area contributed by atoms with Gasteiger partial charge in [-0.05, 0) is 43.3 Å². The maximum atomic E-state index is 8.92. The minimum Gasteiger partial charge on any atom is -0.494 e. The smallest absolute Gasteiger partial charge is 0.237 e. The van der Waals surface area contributed by atoms with Crippen LogP contribution in [0.3, 0.4) is 0 Å². The van der Waals surface area contributed by atoms with Crippen LogP contribution in [0.25, 0.3) is 0 Å². The maximum absolute atomic E-state index is 8.92. The van der Waals surface area contributed by atoms with Gasteiger partial charge in [0.15, 0.2) is 0 Å². The van der Waals surface area contributed by atoms with E-state index in [1.54, 1.807) is 30.5 Å². The van der Waals surface area contributed by atoms with Crippen LogP contribution in [0.2, 0.25) is 0 Å². The molecule has 2 rings (SSSR count). The van der Waals surface area contributed by atoms with Crippen molar-refractivity contribution in [1.29, 1.82) is 5.26 Å². The van der Waals surface area contributed by atoms with E-state index in [0.29, 0.717) is 23.8 Å². The number of benzene rings is 1. The van der Waals surface area contributed by atoms with E-state index in [0.717, 1.165) is 5.75 Å². The first-order valence-corrected chi connectivity index (χ1v) is 5.59. The second kappa shape index (κ2) is 5.69. The Morgan fingerprint density at radius 1 is 1.17 bits per heavy atom. The Morgan fingerprint density at radius 2 is 1.89 bits per heavy atom. The average molecular weight is 240 g/mol. The number of nitriles is 1. The van der Waals surface area contributed by atoms with Gasteiger partial charge in [0, 0.05) is 6.20 Å². The summed E-state index contributed by atoms with van der Waals surface area (Å²) in [6.45, 7) is 2.55. The summed E-state index contributed by atoms with van der Waals surface area (Å²) in [5, 5.41) is 8.92. The maximum Gasteiger partial charge on any atom is 0.237 e. The molecule has 18 heavy (non-hydrogen) atoms. The van der Waals surface area contributed by atoms with Crippen molar-refractivity contribution in [2.45, 2.75) is 6.92 Å². The molecule has 1 aromatic heterocycles. The van der Waals surface area contributed by atoms with E-state index in [2.05, 4.69) is 4.98 Å². The standard InChI is InChI=1S/C14H12N2O2/c1-2-17-12-5-7-13(8-6-12)18-14-11(10-15)4-3-9-16-14/h3-9H,2H2,1H3. The van der Waals surface area contributed by atoms with E-state index in [9.17, 15) is 0 Å². The molecule has 0 bridgehead atoms. The molecule has 0 saturated heterocycles. The third-order valence-corrected chi connectivity index (χ3v) is 2.24. The molecule has 0 saturated carbocycles. The second-order valence-electron chi connectivity index (χ2n) is 3.47. The van der Waals surface area contributed by atoms with E-state index in [-0.39, 0.29) is 0 Å². The normalized spacial score (nSPS) is 9.56. The van der Waals surface area contributed by atoms with Crippen LogP contribution in [-0.2, 0) is 0 Å². The highest BCUT2D eigenvalue weighted by molar-refractivity contribution is 5.41. The van der Waals surface area contributed by atoms with Gasteiger partial charge in [0.2, 0.25) is 5.88 Å². The number of hydrogen-bond donors (Lipinski definition) is 0. The van der Waals surface area contributed by atoms with E-state index < -0.39 is 0 Å². The first kappa shape index (κ1) is 11.9. The van der Waals surface area contributed by atoms with Crippen molar-refractivity contribution in [3.05, 3.63) is 48.2 Å². The summed E-state index contributed by atoms with van der Waals surface area (Å²) in [6.07, 6.45) is 1.59. The zero-order valence-corrected chi connectivity index (χ0v) is 9.96. The number of nitrogens with zero attached hydrogens (tertiary/aromatic N) is 2. The van der Waals surface area contributed by atoms with Crippen LogP contribution in [-0.4, -0.2) is 11.6 Å². The molecule has 4 heteroatoms. The molecule has 0 aliphatic rings. The first-order chi connectivity index (χ1) is 8.83. The van der Waals surface area contributed by atoms with Crippen molar-refractivity contribution in [2.24, 2.45) is 0 Å². The molecule has 0 unspecified atom stereocenters. The van der Waals surface area contributed by atoms with Gasteiger partial charge in [0.05, 0.1) is 6.61 Å². The number of pyridine rings is 1. The van der Waals surface area contributed by atoms with Gasteiger partial charge in [-0.1, -0.05) is 0 Å². The quantitative estimate of drug-likeness (QED) is 0.823. The number of rotatable bonds is 4. The Hall–Kier alpha value is -2.54. The predicted octanol–water partition coefficient (Wildman–Crippen LogP) is 3.14. The molecule has 0 amide bonds. The van der Waals surface area contributed by atoms with E-state index in [4.69, 9.17) is 14.7 Å². The molecule has 0 radical (unpaired) electrons. The lowest BCUT2D eigenvalue weighted by molar-refractivity contribution is 0.339.